The Morgan fingerprint density at radius 2 is 1.69 bits per heavy atom. The molecule has 0 aliphatic rings. The number of alkyl halides is 2. The van der Waals surface area contributed by atoms with Crippen LogP contribution < -0.4 is 20.1 Å². The summed E-state index contributed by atoms with van der Waals surface area (Å²) in [6, 6.07) is 9.47. The topological polar surface area (TPSA) is 76.7 Å². The van der Waals surface area contributed by atoms with Crippen LogP contribution in [0.4, 0.5) is 14.5 Å². The van der Waals surface area contributed by atoms with Crippen LogP contribution in [0.15, 0.2) is 42.5 Å². The second-order valence-electron chi connectivity index (χ2n) is 6.44. The summed E-state index contributed by atoms with van der Waals surface area (Å²) in [6.07, 6.45) is 0. The summed E-state index contributed by atoms with van der Waals surface area (Å²) in [5.41, 5.74) is 0.572. The number of anilines is 1. The van der Waals surface area contributed by atoms with Gasteiger partial charge in [-0.05, 0) is 42.3 Å². The van der Waals surface area contributed by atoms with Crippen LogP contribution in [0.2, 0.25) is 5.02 Å². The Kier molecular flexibility index (Phi) is 7.78. The molecular formula is C20H21ClF2N2O4. The van der Waals surface area contributed by atoms with Crippen molar-refractivity contribution in [1.29, 1.82) is 0 Å². The van der Waals surface area contributed by atoms with Gasteiger partial charge in [0.05, 0.1) is 7.11 Å². The lowest BCUT2D eigenvalue weighted by molar-refractivity contribution is -0.118. The highest BCUT2D eigenvalue weighted by Gasteiger charge is 2.25. The Labute approximate surface area is 172 Å². The van der Waals surface area contributed by atoms with E-state index >= 15 is 0 Å². The van der Waals surface area contributed by atoms with Crippen LogP contribution in [0, 0.1) is 5.92 Å². The fourth-order valence-electron chi connectivity index (χ4n) is 2.52. The fourth-order valence-corrected chi connectivity index (χ4v) is 2.65. The number of hydrogen-bond acceptors (Lipinski definition) is 4. The van der Waals surface area contributed by atoms with Gasteiger partial charge in [-0.15, -0.1) is 0 Å². The third-order valence-corrected chi connectivity index (χ3v) is 4.24. The van der Waals surface area contributed by atoms with E-state index in [0.717, 1.165) is 0 Å². The molecule has 0 saturated carbocycles. The summed E-state index contributed by atoms with van der Waals surface area (Å²) in [6.45, 7) is 0.495. The SMILES string of the molecule is COc1ccc(NC(=O)C(NC(=O)c2ccc(Cl)cc2)C(C)C)cc1OC(F)F. The van der Waals surface area contributed by atoms with Crippen molar-refractivity contribution in [2.24, 2.45) is 5.92 Å². The van der Waals surface area contributed by atoms with E-state index in [0.29, 0.717) is 10.6 Å². The fraction of sp³-hybridized carbons (Fsp3) is 0.300. The first-order valence-electron chi connectivity index (χ1n) is 8.71. The number of methoxy groups -OCH3 is 1. The van der Waals surface area contributed by atoms with E-state index in [-0.39, 0.29) is 23.1 Å². The van der Waals surface area contributed by atoms with Gasteiger partial charge in [-0.2, -0.15) is 8.78 Å². The summed E-state index contributed by atoms with van der Waals surface area (Å²) in [7, 11) is 1.31. The first kappa shape index (κ1) is 22.4. The molecule has 2 aromatic carbocycles. The molecule has 0 saturated heterocycles. The van der Waals surface area contributed by atoms with Gasteiger partial charge in [0, 0.05) is 22.3 Å². The number of hydrogen-bond donors (Lipinski definition) is 2. The summed E-state index contributed by atoms with van der Waals surface area (Å²) >= 11 is 5.82. The summed E-state index contributed by atoms with van der Waals surface area (Å²) in [5.74, 6) is -1.30. The lowest BCUT2D eigenvalue weighted by Crippen LogP contribution is -2.47. The first-order chi connectivity index (χ1) is 13.7. The Bertz CT molecular complexity index is 860. The van der Waals surface area contributed by atoms with Gasteiger partial charge in [0.25, 0.3) is 5.91 Å². The van der Waals surface area contributed by atoms with Gasteiger partial charge in [-0.3, -0.25) is 9.59 Å². The molecule has 0 heterocycles. The van der Waals surface area contributed by atoms with Crippen LogP contribution in [-0.4, -0.2) is 31.6 Å². The molecule has 0 aliphatic heterocycles. The number of carbonyl (C=O) groups excluding carboxylic acids is 2. The van der Waals surface area contributed by atoms with Crippen LogP contribution in [-0.2, 0) is 4.79 Å². The van der Waals surface area contributed by atoms with Crippen LogP contribution in [0.25, 0.3) is 0 Å². The van der Waals surface area contributed by atoms with Gasteiger partial charge in [-0.25, -0.2) is 0 Å². The molecule has 29 heavy (non-hydrogen) atoms. The Morgan fingerprint density at radius 3 is 2.24 bits per heavy atom. The normalized spacial score (nSPS) is 11.9. The highest BCUT2D eigenvalue weighted by atomic mass is 35.5. The largest absolute Gasteiger partial charge is 0.493 e. The van der Waals surface area contributed by atoms with E-state index in [2.05, 4.69) is 15.4 Å². The van der Waals surface area contributed by atoms with Crippen molar-refractivity contribution < 1.29 is 27.8 Å². The molecule has 0 aromatic heterocycles. The van der Waals surface area contributed by atoms with Gasteiger partial charge >= 0.3 is 6.61 Å². The van der Waals surface area contributed by atoms with Crippen molar-refractivity contribution in [3.8, 4) is 11.5 Å². The van der Waals surface area contributed by atoms with Gasteiger partial charge in [0.2, 0.25) is 5.91 Å². The van der Waals surface area contributed by atoms with Gasteiger partial charge in [0.1, 0.15) is 6.04 Å². The first-order valence-corrected chi connectivity index (χ1v) is 9.09. The second-order valence-corrected chi connectivity index (χ2v) is 6.87. The predicted molar refractivity (Wildman–Crippen MR) is 106 cm³/mol. The van der Waals surface area contributed by atoms with Crippen molar-refractivity contribution in [2.75, 3.05) is 12.4 Å². The predicted octanol–water partition coefficient (Wildman–Crippen LogP) is 4.34. The molecule has 6 nitrogen and oxygen atoms in total. The number of halogens is 3. The molecule has 0 spiro atoms. The zero-order valence-electron chi connectivity index (χ0n) is 16.0. The molecule has 1 unspecified atom stereocenters. The third-order valence-electron chi connectivity index (χ3n) is 3.99. The van der Waals surface area contributed by atoms with Gasteiger partial charge in [0.15, 0.2) is 11.5 Å². The van der Waals surface area contributed by atoms with E-state index in [9.17, 15) is 18.4 Å². The molecule has 2 aromatic rings. The second kappa shape index (κ2) is 10.1. The smallest absolute Gasteiger partial charge is 0.387 e. The van der Waals surface area contributed by atoms with Crippen molar-refractivity contribution in [1.82, 2.24) is 5.32 Å². The molecule has 1 atom stereocenters. The molecule has 2 amide bonds. The third kappa shape index (κ3) is 6.32. The zero-order valence-corrected chi connectivity index (χ0v) is 16.8. The maximum Gasteiger partial charge on any atom is 0.387 e. The molecule has 2 rings (SSSR count). The van der Waals surface area contributed by atoms with Crippen LogP contribution in [0.3, 0.4) is 0 Å². The van der Waals surface area contributed by atoms with Crippen LogP contribution in [0.5, 0.6) is 11.5 Å². The van der Waals surface area contributed by atoms with E-state index in [4.69, 9.17) is 16.3 Å². The van der Waals surface area contributed by atoms with Crippen molar-refractivity contribution in [3.05, 3.63) is 53.1 Å². The zero-order chi connectivity index (χ0) is 21.6. The van der Waals surface area contributed by atoms with Crippen molar-refractivity contribution in [3.63, 3.8) is 0 Å². The summed E-state index contributed by atoms with van der Waals surface area (Å²) in [4.78, 5) is 25.1. The van der Waals surface area contributed by atoms with Crippen molar-refractivity contribution in [2.45, 2.75) is 26.5 Å². The van der Waals surface area contributed by atoms with E-state index < -0.39 is 24.5 Å². The maximum absolute atomic E-state index is 12.7. The highest BCUT2D eigenvalue weighted by molar-refractivity contribution is 6.30. The lowest BCUT2D eigenvalue weighted by atomic mass is 10.0. The Hall–Kier alpha value is -2.87. The number of nitrogens with one attached hydrogen (secondary N) is 2. The minimum atomic E-state index is -3.04. The lowest BCUT2D eigenvalue weighted by Gasteiger charge is -2.22. The van der Waals surface area contributed by atoms with Gasteiger partial charge < -0.3 is 20.1 Å². The monoisotopic (exact) mass is 426 g/mol. The molecular weight excluding hydrogens is 406 g/mol. The van der Waals surface area contributed by atoms with E-state index in [1.54, 1.807) is 38.1 Å². The number of ether oxygens (including phenoxy) is 2. The van der Waals surface area contributed by atoms with E-state index in [1.807, 2.05) is 0 Å². The minimum absolute atomic E-state index is 0.0970. The van der Waals surface area contributed by atoms with E-state index in [1.165, 1.54) is 25.3 Å². The molecule has 9 heteroatoms. The minimum Gasteiger partial charge on any atom is -0.493 e. The standard InChI is InChI=1S/C20H21ClF2N2O4/c1-11(2)17(25-18(26)12-4-6-13(21)7-5-12)19(27)24-14-8-9-15(28-3)16(10-14)29-20(22)23/h4-11,17,20H,1-3H3,(H,24,27)(H,25,26). The number of benzene rings is 2. The van der Waals surface area contributed by atoms with Crippen LogP contribution >= 0.6 is 11.6 Å². The molecule has 0 radical (unpaired) electrons. The number of rotatable bonds is 8. The van der Waals surface area contributed by atoms with Crippen LogP contribution in [0.1, 0.15) is 24.2 Å². The van der Waals surface area contributed by atoms with Crippen molar-refractivity contribution >= 4 is 29.1 Å². The average molecular weight is 427 g/mol. The molecule has 0 fully saturated rings. The quantitative estimate of drug-likeness (QED) is 0.658. The average Bonchev–Trinajstić information content (AvgIpc) is 2.66. The summed E-state index contributed by atoms with van der Waals surface area (Å²) in [5, 5.41) is 5.76. The Balaban J connectivity index is 2.15. The molecule has 0 bridgehead atoms. The molecule has 0 aliphatic carbocycles. The maximum atomic E-state index is 12.7. The Morgan fingerprint density at radius 1 is 1.03 bits per heavy atom. The molecule has 156 valence electrons. The number of amides is 2. The molecule has 2 N–H and O–H groups in total. The van der Waals surface area contributed by atoms with Gasteiger partial charge in [-0.1, -0.05) is 25.4 Å². The highest BCUT2D eigenvalue weighted by Crippen LogP contribution is 2.31. The number of carbonyl (C=O) groups is 2. The summed E-state index contributed by atoms with van der Waals surface area (Å²) < 4.78 is 34.5.